The Morgan fingerprint density at radius 3 is 2.78 bits per heavy atom. The van der Waals surface area contributed by atoms with Gasteiger partial charge >= 0.3 is 0 Å². The van der Waals surface area contributed by atoms with Gasteiger partial charge < -0.3 is 5.11 Å². The molecule has 0 radical (unpaired) electrons. The summed E-state index contributed by atoms with van der Waals surface area (Å²) < 4.78 is 13.2. The summed E-state index contributed by atoms with van der Waals surface area (Å²) in [4.78, 5) is 0. The lowest BCUT2D eigenvalue weighted by Crippen LogP contribution is -2.31. The van der Waals surface area contributed by atoms with Crippen LogP contribution in [0.5, 0.6) is 0 Å². The Morgan fingerprint density at radius 1 is 1.44 bits per heavy atom. The van der Waals surface area contributed by atoms with E-state index in [2.05, 4.69) is 13.8 Å². The zero-order valence-electron chi connectivity index (χ0n) is 11.5. The van der Waals surface area contributed by atoms with Crippen molar-refractivity contribution in [1.82, 2.24) is 0 Å². The lowest BCUT2D eigenvalue weighted by Gasteiger charge is -2.31. The van der Waals surface area contributed by atoms with Gasteiger partial charge in [0.05, 0.1) is 6.10 Å². The van der Waals surface area contributed by atoms with Crippen LogP contribution in [0, 0.1) is 24.1 Å². The molecule has 2 atom stereocenters. The lowest BCUT2D eigenvalue weighted by molar-refractivity contribution is 0.0541. The van der Waals surface area contributed by atoms with E-state index in [-0.39, 0.29) is 17.3 Å². The molecule has 1 aliphatic rings. The van der Waals surface area contributed by atoms with Crippen LogP contribution in [0.1, 0.15) is 44.2 Å². The van der Waals surface area contributed by atoms with Gasteiger partial charge in [-0.05, 0) is 60.8 Å². The number of aliphatic hydroxyl groups excluding tert-OH is 1. The van der Waals surface area contributed by atoms with E-state index in [4.69, 9.17) is 0 Å². The highest BCUT2D eigenvalue weighted by Gasteiger charge is 2.38. The number of hydrogen-bond donors (Lipinski definition) is 1. The first kappa shape index (κ1) is 13.5. The van der Waals surface area contributed by atoms with Gasteiger partial charge in [-0.15, -0.1) is 0 Å². The van der Waals surface area contributed by atoms with Crippen molar-refractivity contribution >= 4 is 0 Å². The van der Waals surface area contributed by atoms with Crippen LogP contribution in [0.25, 0.3) is 0 Å². The van der Waals surface area contributed by atoms with Crippen molar-refractivity contribution in [2.45, 2.75) is 52.6 Å². The van der Waals surface area contributed by atoms with Crippen LogP contribution >= 0.6 is 0 Å². The number of hydrogen-bond acceptors (Lipinski definition) is 1. The fraction of sp³-hybridized carbons (Fsp3) is 0.625. The predicted molar refractivity (Wildman–Crippen MR) is 72.0 cm³/mol. The number of aryl methyl sites for hydroxylation is 1. The molecular formula is C16H23FO. The molecule has 1 aromatic rings. The van der Waals surface area contributed by atoms with Crippen LogP contribution in [-0.2, 0) is 6.42 Å². The van der Waals surface area contributed by atoms with Gasteiger partial charge in [0.15, 0.2) is 0 Å². The van der Waals surface area contributed by atoms with Gasteiger partial charge in [0.1, 0.15) is 5.82 Å². The fourth-order valence-corrected chi connectivity index (χ4v) is 3.29. The van der Waals surface area contributed by atoms with Crippen molar-refractivity contribution in [2.24, 2.45) is 11.3 Å². The number of aliphatic hydroxyl groups is 1. The third-order valence-electron chi connectivity index (χ3n) is 4.54. The molecule has 1 saturated carbocycles. The zero-order chi connectivity index (χ0) is 13.3. The molecular weight excluding hydrogens is 227 g/mol. The first-order valence-corrected chi connectivity index (χ1v) is 6.83. The standard InChI is InChI=1S/C16H23FO/c1-11-6-7-13(17)9-12(11)10-15(18)14-5-4-8-16(14,2)3/h6-7,9,14-15,18H,4-5,8,10H2,1-3H3. The summed E-state index contributed by atoms with van der Waals surface area (Å²) in [5.41, 5.74) is 2.21. The van der Waals surface area contributed by atoms with Crippen LogP contribution in [-0.4, -0.2) is 11.2 Å². The zero-order valence-corrected chi connectivity index (χ0v) is 11.5. The maximum Gasteiger partial charge on any atom is 0.123 e. The quantitative estimate of drug-likeness (QED) is 0.863. The van der Waals surface area contributed by atoms with E-state index in [1.54, 1.807) is 12.1 Å². The third-order valence-corrected chi connectivity index (χ3v) is 4.54. The Kier molecular flexibility index (Phi) is 3.76. The van der Waals surface area contributed by atoms with Gasteiger partial charge in [0.25, 0.3) is 0 Å². The topological polar surface area (TPSA) is 20.2 Å². The molecule has 2 rings (SSSR count). The van der Waals surface area contributed by atoms with Crippen molar-refractivity contribution in [3.05, 3.63) is 35.1 Å². The molecule has 1 fully saturated rings. The van der Waals surface area contributed by atoms with Gasteiger partial charge in [0, 0.05) is 0 Å². The number of benzene rings is 1. The Balaban J connectivity index is 2.11. The summed E-state index contributed by atoms with van der Waals surface area (Å²) in [6.07, 6.45) is 3.66. The molecule has 0 aromatic heterocycles. The third kappa shape index (κ3) is 2.74. The predicted octanol–water partition coefficient (Wildman–Crippen LogP) is 3.86. The number of halogens is 1. The average molecular weight is 250 g/mol. The second kappa shape index (κ2) is 5.00. The van der Waals surface area contributed by atoms with E-state index >= 15 is 0 Å². The molecule has 18 heavy (non-hydrogen) atoms. The summed E-state index contributed by atoms with van der Waals surface area (Å²) in [5.74, 6) is 0.119. The maximum atomic E-state index is 13.2. The molecule has 2 heteroatoms. The van der Waals surface area contributed by atoms with Gasteiger partial charge in [-0.2, -0.15) is 0 Å². The molecule has 0 aliphatic heterocycles. The second-order valence-electron chi connectivity index (χ2n) is 6.33. The molecule has 0 amide bonds. The largest absolute Gasteiger partial charge is 0.392 e. The molecule has 2 unspecified atom stereocenters. The van der Waals surface area contributed by atoms with Crippen LogP contribution in [0.15, 0.2) is 18.2 Å². The van der Waals surface area contributed by atoms with Crippen molar-refractivity contribution in [1.29, 1.82) is 0 Å². The summed E-state index contributed by atoms with van der Waals surface area (Å²) in [6, 6.07) is 4.82. The molecule has 0 spiro atoms. The molecule has 0 saturated heterocycles. The molecule has 1 aromatic carbocycles. The molecule has 1 aliphatic carbocycles. The Morgan fingerprint density at radius 2 is 2.17 bits per heavy atom. The summed E-state index contributed by atoms with van der Waals surface area (Å²) >= 11 is 0. The van der Waals surface area contributed by atoms with Gasteiger partial charge in [-0.25, -0.2) is 4.39 Å². The summed E-state index contributed by atoms with van der Waals surface area (Å²) in [6.45, 7) is 6.43. The monoisotopic (exact) mass is 250 g/mol. The minimum Gasteiger partial charge on any atom is -0.392 e. The van der Waals surface area contributed by atoms with Crippen molar-refractivity contribution in [3.63, 3.8) is 0 Å². The minimum absolute atomic E-state index is 0.209. The lowest BCUT2D eigenvalue weighted by atomic mass is 9.77. The average Bonchev–Trinajstić information content (AvgIpc) is 2.63. The van der Waals surface area contributed by atoms with E-state index in [1.807, 2.05) is 6.92 Å². The van der Waals surface area contributed by atoms with Crippen molar-refractivity contribution in [3.8, 4) is 0 Å². The molecule has 100 valence electrons. The highest BCUT2D eigenvalue weighted by atomic mass is 19.1. The minimum atomic E-state index is -0.358. The molecule has 0 bridgehead atoms. The van der Waals surface area contributed by atoms with Crippen LogP contribution in [0.3, 0.4) is 0 Å². The van der Waals surface area contributed by atoms with E-state index in [0.717, 1.165) is 17.5 Å². The van der Waals surface area contributed by atoms with Crippen LogP contribution in [0.4, 0.5) is 4.39 Å². The Hall–Kier alpha value is -0.890. The summed E-state index contributed by atoms with van der Waals surface area (Å²) in [5, 5.41) is 10.4. The maximum absolute atomic E-state index is 13.2. The molecule has 1 nitrogen and oxygen atoms in total. The van der Waals surface area contributed by atoms with Crippen molar-refractivity contribution < 1.29 is 9.50 Å². The van der Waals surface area contributed by atoms with Crippen molar-refractivity contribution in [2.75, 3.05) is 0 Å². The first-order valence-electron chi connectivity index (χ1n) is 6.83. The van der Waals surface area contributed by atoms with E-state index in [1.165, 1.54) is 18.9 Å². The van der Waals surface area contributed by atoms with Crippen LogP contribution < -0.4 is 0 Å². The van der Waals surface area contributed by atoms with Gasteiger partial charge in [0.2, 0.25) is 0 Å². The van der Waals surface area contributed by atoms with Gasteiger partial charge in [-0.3, -0.25) is 0 Å². The van der Waals surface area contributed by atoms with E-state index in [9.17, 15) is 9.50 Å². The van der Waals surface area contributed by atoms with Gasteiger partial charge in [-0.1, -0.05) is 26.3 Å². The van der Waals surface area contributed by atoms with E-state index < -0.39 is 0 Å². The first-order chi connectivity index (χ1) is 8.40. The highest BCUT2D eigenvalue weighted by molar-refractivity contribution is 5.27. The van der Waals surface area contributed by atoms with Crippen LogP contribution in [0.2, 0.25) is 0 Å². The Labute approximate surface area is 109 Å². The Bertz CT molecular complexity index is 425. The SMILES string of the molecule is Cc1ccc(F)cc1CC(O)C1CCCC1(C)C. The normalized spacial score (nSPS) is 24.2. The molecule has 1 N–H and O–H groups in total. The highest BCUT2D eigenvalue weighted by Crippen LogP contribution is 2.45. The summed E-state index contributed by atoms with van der Waals surface area (Å²) in [7, 11) is 0. The number of rotatable bonds is 3. The second-order valence-corrected chi connectivity index (χ2v) is 6.33. The smallest absolute Gasteiger partial charge is 0.123 e. The molecule has 0 heterocycles. The fourth-order valence-electron chi connectivity index (χ4n) is 3.29. The van der Waals surface area contributed by atoms with E-state index in [0.29, 0.717) is 12.3 Å².